The quantitative estimate of drug-likeness (QED) is 0.238. The maximum atomic E-state index is 13.5. The molecule has 6 rings (SSSR count). The second kappa shape index (κ2) is 13.1. The molecule has 1 aromatic carbocycles. The van der Waals surface area contributed by atoms with E-state index in [4.69, 9.17) is 9.72 Å². The summed E-state index contributed by atoms with van der Waals surface area (Å²) < 4.78 is 46.7. The van der Waals surface area contributed by atoms with Crippen LogP contribution in [-0.4, -0.2) is 63.4 Å². The summed E-state index contributed by atoms with van der Waals surface area (Å²) in [6.45, 7) is 1.72. The van der Waals surface area contributed by atoms with Gasteiger partial charge in [-0.3, -0.25) is 14.9 Å². The lowest BCUT2D eigenvalue weighted by molar-refractivity contribution is -0.144. The standard InChI is InChI=1S/C31H31F3N6O3S/c32-27-17-20(9-12-35-27)18-39-13-1-4-26(39)29(41)37-31-36-24(19-44-31)25-3-2-14-40(25)21-5-7-22(8-6-21)43-23-10-15-38(16-11-23)30(42)28(33)34/h1,4-9,12-13,17,19,23,25,28H,2-3,10-11,14-16,18H2,(H,36,37,41)/t25-/m1/s1. The van der Waals surface area contributed by atoms with Crippen LogP contribution in [0, 0.1) is 5.95 Å². The number of ether oxygens (including phenoxy) is 1. The predicted octanol–water partition coefficient (Wildman–Crippen LogP) is 5.76. The number of nitrogens with zero attached hydrogens (tertiary/aromatic N) is 5. The number of anilines is 2. The van der Waals surface area contributed by atoms with Crippen LogP contribution in [0.4, 0.5) is 24.0 Å². The van der Waals surface area contributed by atoms with E-state index in [1.165, 1.54) is 28.5 Å². The minimum Gasteiger partial charge on any atom is -0.490 e. The van der Waals surface area contributed by atoms with Crippen molar-refractivity contribution in [2.24, 2.45) is 0 Å². The van der Waals surface area contributed by atoms with Gasteiger partial charge in [0.15, 0.2) is 5.13 Å². The number of amides is 2. The molecule has 0 saturated carbocycles. The van der Waals surface area contributed by atoms with E-state index in [9.17, 15) is 22.8 Å². The summed E-state index contributed by atoms with van der Waals surface area (Å²) in [6, 6.07) is 14.4. The molecule has 2 saturated heterocycles. The highest BCUT2D eigenvalue weighted by Crippen LogP contribution is 2.38. The van der Waals surface area contributed by atoms with E-state index in [0.29, 0.717) is 41.5 Å². The van der Waals surface area contributed by atoms with E-state index < -0.39 is 18.3 Å². The lowest BCUT2D eigenvalue weighted by Crippen LogP contribution is -2.44. The summed E-state index contributed by atoms with van der Waals surface area (Å²) in [5.41, 5.74) is 3.05. The number of likely N-dealkylation sites (tertiary alicyclic amines) is 1. The fourth-order valence-electron chi connectivity index (χ4n) is 5.78. The summed E-state index contributed by atoms with van der Waals surface area (Å²) in [6.07, 6.45) is 3.01. The monoisotopic (exact) mass is 624 g/mol. The molecule has 0 bridgehead atoms. The summed E-state index contributed by atoms with van der Waals surface area (Å²) >= 11 is 1.37. The van der Waals surface area contributed by atoms with Crippen molar-refractivity contribution in [3.05, 3.63) is 89.2 Å². The normalized spacial score (nSPS) is 17.3. The SMILES string of the molecule is O=C(Nc1nc([C@H]2CCCN2c2ccc(OC3CCN(C(=O)C(F)F)CC3)cc2)cs1)c1cccn1Cc1ccnc(F)c1. The molecule has 2 aliphatic heterocycles. The highest BCUT2D eigenvalue weighted by molar-refractivity contribution is 7.14. The molecule has 2 amide bonds. The first-order valence-corrected chi connectivity index (χ1v) is 15.3. The molecule has 2 aliphatic rings. The highest BCUT2D eigenvalue weighted by atomic mass is 32.1. The molecular formula is C31H31F3N6O3S. The molecule has 230 valence electrons. The van der Waals surface area contributed by atoms with Gasteiger partial charge in [0.1, 0.15) is 17.5 Å². The zero-order chi connectivity index (χ0) is 30.6. The topological polar surface area (TPSA) is 92.6 Å². The van der Waals surface area contributed by atoms with Crippen LogP contribution in [0.15, 0.2) is 66.3 Å². The van der Waals surface area contributed by atoms with Gasteiger partial charge in [-0.05, 0) is 66.9 Å². The Hall–Kier alpha value is -4.39. The first kappa shape index (κ1) is 29.7. The Bertz CT molecular complexity index is 1600. The number of halogens is 3. The third-order valence-electron chi connectivity index (χ3n) is 7.95. The number of nitrogens with one attached hydrogen (secondary N) is 1. The molecule has 5 heterocycles. The van der Waals surface area contributed by atoms with Crippen LogP contribution in [0.2, 0.25) is 0 Å². The van der Waals surface area contributed by atoms with Gasteiger partial charge < -0.3 is 19.1 Å². The lowest BCUT2D eigenvalue weighted by Gasteiger charge is -2.32. The van der Waals surface area contributed by atoms with E-state index >= 15 is 0 Å². The minimum absolute atomic E-state index is 0.0609. The van der Waals surface area contributed by atoms with Gasteiger partial charge in [0.2, 0.25) is 5.95 Å². The molecule has 13 heteroatoms. The number of thiazole rings is 1. The Balaban J connectivity index is 1.05. The summed E-state index contributed by atoms with van der Waals surface area (Å²) in [5.74, 6) is -1.28. The number of hydrogen-bond donors (Lipinski definition) is 1. The van der Waals surface area contributed by atoms with Crippen LogP contribution < -0.4 is 15.0 Å². The molecule has 0 unspecified atom stereocenters. The van der Waals surface area contributed by atoms with Crippen LogP contribution in [0.3, 0.4) is 0 Å². The molecule has 2 fully saturated rings. The van der Waals surface area contributed by atoms with Crippen LogP contribution in [0.5, 0.6) is 5.75 Å². The number of benzene rings is 1. The third kappa shape index (κ3) is 6.72. The Morgan fingerprint density at radius 1 is 1.07 bits per heavy atom. The Morgan fingerprint density at radius 3 is 2.61 bits per heavy atom. The highest BCUT2D eigenvalue weighted by Gasteiger charge is 2.30. The zero-order valence-corrected chi connectivity index (χ0v) is 24.6. The average molecular weight is 625 g/mol. The molecular weight excluding hydrogens is 593 g/mol. The molecule has 4 aromatic rings. The number of pyridine rings is 1. The zero-order valence-electron chi connectivity index (χ0n) is 23.7. The second-order valence-electron chi connectivity index (χ2n) is 10.8. The molecule has 9 nitrogen and oxygen atoms in total. The number of piperidine rings is 1. The number of carbonyl (C=O) groups excluding carboxylic acids is 2. The molecule has 0 spiro atoms. The van der Waals surface area contributed by atoms with E-state index in [1.807, 2.05) is 29.6 Å². The molecule has 0 radical (unpaired) electrons. The first-order valence-electron chi connectivity index (χ1n) is 14.5. The molecule has 1 atom stereocenters. The Kier molecular flexibility index (Phi) is 8.82. The maximum absolute atomic E-state index is 13.5. The van der Waals surface area contributed by atoms with Crippen molar-refractivity contribution in [2.75, 3.05) is 29.9 Å². The Labute approximate surface area is 256 Å². The van der Waals surface area contributed by atoms with Gasteiger partial charge in [-0.2, -0.15) is 13.2 Å². The number of alkyl halides is 2. The number of hydrogen-bond acceptors (Lipinski definition) is 7. The first-order chi connectivity index (χ1) is 21.3. The summed E-state index contributed by atoms with van der Waals surface area (Å²) in [5, 5.41) is 5.38. The van der Waals surface area contributed by atoms with Crippen LogP contribution in [-0.2, 0) is 11.3 Å². The summed E-state index contributed by atoms with van der Waals surface area (Å²) in [7, 11) is 0. The van der Waals surface area contributed by atoms with Gasteiger partial charge >= 0.3 is 6.43 Å². The van der Waals surface area contributed by atoms with Crippen LogP contribution in [0.25, 0.3) is 0 Å². The lowest BCUT2D eigenvalue weighted by atomic mass is 10.1. The fraction of sp³-hybridized carbons (Fsp3) is 0.355. The van der Waals surface area contributed by atoms with Gasteiger partial charge in [-0.25, -0.2) is 9.97 Å². The van der Waals surface area contributed by atoms with Crippen molar-refractivity contribution < 1.29 is 27.5 Å². The van der Waals surface area contributed by atoms with Crippen LogP contribution >= 0.6 is 11.3 Å². The van der Waals surface area contributed by atoms with Crippen molar-refractivity contribution in [3.63, 3.8) is 0 Å². The molecule has 1 N–H and O–H groups in total. The van der Waals surface area contributed by atoms with E-state index in [0.717, 1.165) is 30.8 Å². The van der Waals surface area contributed by atoms with Gasteiger partial charge in [0.05, 0.1) is 11.7 Å². The van der Waals surface area contributed by atoms with Crippen molar-refractivity contribution in [1.82, 2.24) is 19.4 Å². The van der Waals surface area contributed by atoms with Gasteiger partial charge in [0, 0.05) is 62.5 Å². The van der Waals surface area contributed by atoms with E-state index in [2.05, 4.69) is 15.2 Å². The number of carbonyl (C=O) groups is 2. The number of rotatable bonds is 9. The minimum atomic E-state index is -2.97. The predicted molar refractivity (Wildman–Crippen MR) is 160 cm³/mol. The number of aromatic nitrogens is 3. The molecule has 3 aromatic heterocycles. The fourth-order valence-corrected chi connectivity index (χ4v) is 6.53. The van der Waals surface area contributed by atoms with Crippen LogP contribution in [0.1, 0.15) is 53.5 Å². The van der Waals surface area contributed by atoms with Crippen molar-refractivity contribution in [3.8, 4) is 5.75 Å². The van der Waals surface area contributed by atoms with Crippen molar-refractivity contribution in [2.45, 2.75) is 50.8 Å². The summed E-state index contributed by atoms with van der Waals surface area (Å²) in [4.78, 5) is 36.4. The average Bonchev–Trinajstić information content (AvgIpc) is 3.79. The van der Waals surface area contributed by atoms with E-state index in [-0.39, 0.29) is 31.1 Å². The smallest absolute Gasteiger partial charge is 0.315 e. The maximum Gasteiger partial charge on any atom is 0.315 e. The molecule has 44 heavy (non-hydrogen) atoms. The molecule has 0 aliphatic carbocycles. The van der Waals surface area contributed by atoms with E-state index in [1.54, 1.807) is 29.0 Å². The largest absolute Gasteiger partial charge is 0.490 e. The van der Waals surface area contributed by atoms with Gasteiger partial charge in [0.25, 0.3) is 11.8 Å². The second-order valence-corrected chi connectivity index (χ2v) is 11.7. The third-order valence-corrected chi connectivity index (χ3v) is 8.73. The van der Waals surface area contributed by atoms with Gasteiger partial charge in [-0.1, -0.05) is 0 Å². The van der Waals surface area contributed by atoms with Crippen molar-refractivity contribution in [1.29, 1.82) is 0 Å². The Morgan fingerprint density at radius 2 is 1.86 bits per heavy atom. The van der Waals surface area contributed by atoms with Gasteiger partial charge in [-0.15, -0.1) is 11.3 Å². The van der Waals surface area contributed by atoms with Crippen molar-refractivity contribution >= 4 is 34.0 Å².